The van der Waals surface area contributed by atoms with Crippen molar-refractivity contribution in [3.05, 3.63) is 23.8 Å². The van der Waals surface area contributed by atoms with Gasteiger partial charge in [-0.05, 0) is 38.2 Å². The number of aliphatic hydroxyl groups is 1. The van der Waals surface area contributed by atoms with Crippen LogP contribution in [0.1, 0.15) is 26.7 Å². The maximum absolute atomic E-state index is 9.49. The van der Waals surface area contributed by atoms with Gasteiger partial charge in [-0.3, -0.25) is 0 Å². The van der Waals surface area contributed by atoms with Gasteiger partial charge >= 0.3 is 0 Å². The van der Waals surface area contributed by atoms with E-state index in [1.165, 1.54) is 5.57 Å². The molecule has 0 heterocycles. The molecule has 0 spiro atoms. The van der Waals surface area contributed by atoms with Crippen LogP contribution >= 0.6 is 0 Å². The zero-order chi connectivity index (χ0) is 8.43. The van der Waals surface area contributed by atoms with Gasteiger partial charge in [0.2, 0.25) is 0 Å². The van der Waals surface area contributed by atoms with E-state index in [1.54, 1.807) is 0 Å². The van der Waals surface area contributed by atoms with Gasteiger partial charge < -0.3 is 5.11 Å². The van der Waals surface area contributed by atoms with Crippen molar-refractivity contribution in [3.63, 3.8) is 0 Å². The zero-order valence-corrected chi connectivity index (χ0v) is 7.30. The molecule has 11 heavy (non-hydrogen) atoms. The predicted octanol–water partition coefficient (Wildman–Crippen LogP) is 2.28. The van der Waals surface area contributed by atoms with Crippen LogP contribution in [0, 0.1) is 5.92 Å². The molecule has 0 unspecified atom stereocenters. The zero-order valence-electron chi connectivity index (χ0n) is 7.30. The van der Waals surface area contributed by atoms with Gasteiger partial charge in [0.15, 0.2) is 0 Å². The van der Waals surface area contributed by atoms with E-state index in [2.05, 4.69) is 12.7 Å². The lowest BCUT2D eigenvalue weighted by Crippen LogP contribution is -2.19. The fraction of sp³-hybridized carbons (Fsp3) is 0.600. The molecule has 1 N–H and O–H groups in total. The Bertz CT molecular complexity index is 191. The Morgan fingerprint density at radius 3 is 2.82 bits per heavy atom. The van der Waals surface area contributed by atoms with Crippen LogP contribution in [0.25, 0.3) is 0 Å². The van der Waals surface area contributed by atoms with Crippen LogP contribution in [-0.4, -0.2) is 11.2 Å². The number of hydrogen-bond acceptors (Lipinski definition) is 1. The average molecular weight is 152 g/mol. The molecule has 0 aromatic heterocycles. The van der Waals surface area contributed by atoms with E-state index in [9.17, 15) is 5.11 Å². The molecule has 1 aliphatic rings. The van der Waals surface area contributed by atoms with Crippen molar-refractivity contribution in [3.8, 4) is 0 Å². The standard InChI is InChI=1S/C10H16O/c1-7(2)9-5-4-8(3)10(11)6-9/h4,9-11H,1,5-6H2,2-3H3/t9-,10-/m0/s1. The maximum Gasteiger partial charge on any atom is 0.0753 e. The molecule has 0 amide bonds. The molecule has 1 rings (SSSR count). The highest BCUT2D eigenvalue weighted by Crippen LogP contribution is 2.27. The first-order chi connectivity index (χ1) is 5.11. The van der Waals surface area contributed by atoms with Crippen LogP contribution < -0.4 is 0 Å². The quantitative estimate of drug-likeness (QED) is 0.571. The summed E-state index contributed by atoms with van der Waals surface area (Å²) in [6, 6.07) is 0. The highest BCUT2D eigenvalue weighted by molar-refractivity contribution is 5.14. The second-order valence-electron chi connectivity index (χ2n) is 3.48. The SMILES string of the molecule is C=C(C)[C@H]1CC=C(C)[C@@H](O)C1. The molecule has 62 valence electrons. The molecule has 0 radical (unpaired) electrons. The van der Waals surface area contributed by atoms with E-state index in [-0.39, 0.29) is 6.10 Å². The lowest BCUT2D eigenvalue weighted by molar-refractivity contribution is 0.174. The van der Waals surface area contributed by atoms with Crippen LogP contribution in [0.4, 0.5) is 0 Å². The van der Waals surface area contributed by atoms with E-state index in [1.807, 2.05) is 13.8 Å². The molecule has 0 aromatic carbocycles. The van der Waals surface area contributed by atoms with Crippen molar-refractivity contribution in [1.82, 2.24) is 0 Å². The van der Waals surface area contributed by atoms with E-state index in [0.29, 0.717) is 5.92 Å². The van der Waals surface area contributed by atoms with Crippen molar-refractivity contribution in [1.29, 1.82) is 0 Å². The second-order valence-corrected chi connectivity index (χ2v) is 3.48. The first kappa shape index (κ1) is 8.54. The Balaban J connectivity index is 2.62. The summed E-state index contributed by atoms with van der Waals surface area (Å²) in [6.07, 6.45) is 3.80. The largest absolute Gasteiger partial charge is 0.389 e. The predicted molar refractivity (Wildman–Crippen MR) is 47.3 cm³/mol. The van der Waals surface area contributed by atoms with E-state index in [4.69, 9.17) is 0 Å². The molecular formula is C10H16O. The minimum absolute atomic E-state index is 0.231. The molecule has 2 atom stereocenters. The molecule has 0 fully saturated rings. The minimum atomic E-state index is -0.231. The first-order valence-electron chi connectivity index (χ1n) is 4.11. The summed E-state index contributed by atoms with van der Waals surface area (Å²) in [6.45, 7) is 7.92. The average Bonchev–Trinajstić information content (AvgIpc) is 1.94. The van der Waals surface area contributed by atoms with Crippen LogP contribution in [0.5, 0.6) is 0 Å². The summed E-state index contributed by atoms with van der Waals surface area (Å²) >= 11 is 0. The van der Waals surface area contributed by atoms with Crippen LogP contribution in [0.15, 0.2) is 23.8 Å². The number of hydrogen-bond donors (Lipinski definition) is 1. The van der Waals surface area contributed by atoms with Crippen molar-refractivity contribution < 1.29 is 5.11 Å². The van der Waals surface area contributed by atoms with Gasteiger partial charge in [0, 0.05) is 0 Å². The number of rotatable bonds is 1. The van der Waals surface area contributed by atoms with Crippen LogP contribution in [-0.2, 0) is 0 Å². The van der Waals surface area contributed by atoms with Crippen molar-refractivity contribution in [2.45, 2.75) is 32.8 Å². The van der Waals surface area contributed by atoms with Gasteiger partial charge in [0.05, 0.1) is 6.10 Å². The molecule has 0 saturated heterocycles. The fourth-order valence-electron chi connectivity index (χ4n) is 1.42. The number of aliphatic hydroxyl groups excluding tert-OH is 1. The molecule has 1 aliphatic carbocycles. The summed E-state index contributed by atoms with van der Waals surface area (Å²) in [5.41, 5.74) is 2.30. The Hall–Kier alpha value is -0.560. The molecule has 0 bridgehead atoms. The van der Waals surface area contributed by atoms with Gasteiger partial charge in [-0.15, -0.1) is 0 Å². The summed E-state index contributed by atoms with van der Waals surface area (Å²) in [7, 11) is 0. The Labute approximate surface area is 68.4 Å². The molecule has 0 aromatic rings. The summed E-state index contributed by atoms with van der Waals surface area (Å²) in [4.78, 5) is 0. The third-order valence-corrected chi connectivity index (χ3v) is 2.45. The summed E-state index contributed by atoms with van der Waals surface area (Å²) < 4.78 is 0. The fourth-order valence-corrected chi connectivity index (χ4v) is 1.42. The highest BCUT2D eigenvalue weighted by atomic mass is 16.3. The topological polar surface area (TPSA) is 20.2 Å². The molecular weight excluding hydrogens is 136 g/mol. The van der Waals surface area contributed by atoms with Crippen molar-refractivity contribution >= 4 is 0 Å². The van der Waals surface area contributed by atoms with Gasteiger partial charge in [0.1, 0.15) is 0 Å². The van der Waals surface area contributed by atoms with E-state index < -0.39 is 0 Å². The lowest BCUT2D eigenvalue weighted by atomic mass is 9.84. The molecule has 1 heteroatoms. The molecule has 0 saturated carbocycles. The third kappa shape index (κ3) is 1.93. The van der Waals surface area contributed by atoms with Gasteiger partial charge in [-0.25, -0.2) is 0 Å². The number of allylic oxidation sites excluding steroid dienone is 2. The Morgan fingerprint density at radius 1 is 1.73 bits per heavy atom. The second kappa shape index (κ2) is 3.22. The van der Waals surface area contributed by atoms with Gasteiger partial charge in [0.25, 0.3) is 0 Å². The van der Waals surface area contributed by atoms with Gasteiger partial charge in [-0.2, -0.15) is 0 Å². The van der Waals surface area contributed by atoms with Crippen LogP contribution in [0.2, 0.25) is 0 Å². The first-order valence-corrected chi connectivity index (χ1v) is 4.11. The third-order valence-electron chi connectivity index (χ3n) is 2.45. The molecule has 0 aliphatic heterocycles. The Kier molecular flexibility index (Phi) is 2.50. The Morgan fingerprint density at radius 2 is 2.36 bits per heavy atom. The molecule has 1 nitrogen and oxygen atoms in total. The van der Waals surface area contributed by atoms with Crippen molar-refractivity contribution in [2.24, 2.45) is 5.92 Å². The minimum Gasteiger partial charge on any atom is -0.389 e. The van der Waals surface area contributed by atoms with Crippen LogP contribution in [0.3, 0.4) is 0 Å². The van der Waals surface area contributed by atoms with E-state index in [0.717, 1.165) is 18.4 Å². The van der Waals surface area contributed by atoms with Crippen molar-refractivity contribution in [2.75, 3.05) is 0 Å². The monoisotopic (exact) mass is 152 g/mol. The maximum atomic E-state index is 9.49. The van der Waals surface area contributed by atoms with Gasteiger partial charge in [-0.1, -0.05) is 18.2 Å². The smallest absolute Gasteiger partial charge is 0.0753 e. The van der Waals surface area contributed by atoms with E-state index >= 15 is 0 Å². The summed E-state index contributed by atoms with van der Waals surface area (Å²) in [5.74, 6) is 0.494. The highest BCUT2D eigenvalue weighted by Gasteiger charge is 2.19. The summed E-state index contributed by atoms with van der Waals surface area (Å²) in [5, 5.41) is 9.49. The normalized spacial score (nSPS) is 31.4. The lowest BCUT2D eigenvalue weighted by Gasteiger charge is -2.24.